The summed E-state index contributed by atoms with van der Waals surface area (Å²) in [4.78, 5) is 11.7. The molecular formula is C17H16N4O3. The third-order valence-corrected chi connectivity index (χ3v) is 3.17. The molecule has 0 spiro atoms. The Kier molecular flexibility index (Phi) is 4.81. The summed E-state index contributed by atoms with van der Waals surface area (Å²) in [5.41, 5.74) is 2.28. The molecule has 24 heavy (non-hydrogen) atoms. The number of carbonyl (C=O) groups excluding carboxylic acids is 1. The van der Waals surface area contributed by atoms with E-state index in [1.165, 1.54) is 6.08 Å². The van der Waals surface area contributed by atoms with Crippen LogP contribution in [0.2, 0.25) is 0 Å². The maximum atomic E-state index is 11.7. The summed E-state index contributed by atoms with van der Waals surface area (Å²) in [6.45, 7) is 2.47. The molecule has 2 heterocycles. The van der Waals surface area contributed by atoms with Crippen LogP contribution in [0.3, 0.4) is 0 Å². The van der Waals surface area contributed by atoms with Gasteiger partial charge in [0.1, 0.15) is 23.8 Å². The van der Waals surface area contributed by atoms with Gasteiger partial charge in [0, 0.05) is 12.1 Å². The van der Waals surface area contributed by atoms with Crippen molar-refractivity contribution in [2.24, 2.45) is 0 Å². The monoisotopic (exact) mass is 324 g/mol. The summed E-state index contributed by atoms with van der Waals surface area (Å²) in [5, 5.41) is 11.8. The van der Waals surface area contributed by atoms with Gasteiger partial charge in [-0.3, -0.25) is 0 Å². The van der Waals surface area contributed by atoms with Crippen molar-refractivity contribution in [1.82, 2.24) is 20.2 Å². The second-order valence-corrected chi connectivity index (χ2v) is 5.20. The van der Waals surface area contributed by atoms with Crippen molar-refractivity contribution in [2.45, 2.75) is 20.1 Å². The van der Waals surface area contributed by atoms with Crippen LogP contribution in [0.15, 0.2) is 53.2 Å². The van der Waals surface area contributed by atoms with Crippen LogP contribution in [0, 0.1) is 6.92 Å². The molecule has 2 aromatic heterocycles. The van der Waals surface area contributed by atoms with Crippen LogP contribution in [0.1, 0.15) is 22.7 Å². The largest absolute Gasteiger partial charge is 0.456 e. The second-order valence-electron chi connectivity index (χ2n) is 5.20. The number of nitrogens with zero attached hydrogens (tertiary/aromatic N) is 4. The first-order valence-electron chi connectivity index (χ1n) is 7.40. The number of hydrogen-bond acceptors (Lipinski definition) is 6. The number of hydrogen-bond donors (Lipinski definition) is 0. The van der Waals surface area contributed by atoms with E-state index in [-0.39, 0.29) is 6.61 Å². The summed E-state index contributed by atoms with van der Waals surface area (Å²) in [7, 11) is 0. The summed E-state index contributed by atoms with van der Waals surface area (Å²) >= 11 is 0. The van der Waals surface area contributed by atoms with Crippen LogP contribution in [-0.4, -0.2) is 26.1 Å². The standard InChI is InChI=1S/C17H16N4O3/c1-13-9-16(19-24-13)12-23-17(22)8-7-15-11-21(20-18-15)10-14-5-3-2-4-6-14/h2-9,11H,10,12H2,1H3/b8-7+. The van der Waals surface area contributed by atoms with Gasteiger partial charge in [0.15, 0.2) is 0 Å². The fourth-order valence-electron chi connectivity index (χ4n) is 2.07. The Labute approximate surface area is 138 Å². The predicted octanol–water partition coefficient (Wildman–Crippen LogP) is 2.38. The Morgan fingerprint density at radius 2 is 2.17 bits per heavy atom. The van der Waals surface area contributed by atoms with Gasteiger partial charge < -0.3 is 9.26 Å². The number of ether oxygens (including phenoxy) is 1. The number of aryl methyl sites for hydroxylation is 1. The maximum absolute atomic E-state index is 11.7. The molecule has 122 valence electrons. The Balaban J connectivity index is 1.52. The van der Waals surface area contributed by atoms with E-state index in [1.807, 2.05) is 30.3 Å². The van der Waals surface area contributed by atoms with Gasteiger partial charge in [-0.1, -0.05) is 40.7 Å². The van der Waals surface area contributed by atoms with Gasteiger partial charge in [-0.25, -0.2) is 9.48 Å². The number of carbonyl (C=O) groups is 1. The van der Waals surface area contributed by atoms with Crippen molar-refractivity contribution < 1.29 is 14.1 Å². The van der Waals surface area contributed by atoms with Crippen molar-refractivity contribution in [1.29, 1.82) is 0 Å². The predicted molar refractivity (Wildman–Crippen MR) is 85.6 cm³/mol. The minimum atomic E-state index is -0.478. The minimum Gasteiger partial charge on any atom is -0.456 e. The van der Waals surface area contributed by atoms with Gasteiger partial charge in [-0.2, -0.15) is 0 Å². The van der Waals surface area contributed by atoms with Gasteiger partial charge >= 0.3 is 5.97 Å². The van der Waals surface area contributed by atoms with Crippen molar-refractivity contribution in [3.8, 4) is 0 Å². The molecule has 0 aliphatic rings. The zero-order chi connectivity index (χ0) is 16.8. The number of esters is 1. The summed E-state index contributed by atoms with van der Waals surface area (Å²) < 4.78 is 11.7. The lowest BCUT2D eigenvalue weighted by Gasteiger charge is -1.99. The molecule has 0 saturated carbocycles. The van der Waals surface area contributed by atoms with Crippen LogP contribution in [0.25, 0.3) is 6.08 Å². The van der Waals surface area contributed by atoms with E-state index in [9.17, 15) is 4.79 Å². The topological polar surface area (TPSA) is 83.0 Å². The highest BCUT2D eigenvalue weighted by molar-refractivity contribution is 5.86. The first-order chi connectivity index (χ1) is 11.7. The van der Waals surface area contributed by atoms with Crippen LogP contribution in [0.4, 0.5) is 0 Å². The van der Waals surface area contributed by atoms with Crippen molar-refractivity contribution >= 4 is 12.0 Å². The highest BCUT2D eigenvalue weighted by atomic mass is 16.5. The smallest absolute Gasteiger partial charge is 0.331 e. The second kappa shape index (κ2) is 7.36. The summed E-state index contributed by atoms with van der Waals surface area (Å²) in [5.74, 6) is 0.194. The molecule has 0 fully saturated rings. The summed E-state index contributed by atoms with van der Waals surface area (Å²) in [6.07, 6.45) is 4.63. The van der Waals surface area contributed by atoms with E-state index in [1.54, 1.807) is 29.9 Å². The van der Waals surface area contributed by atoms with Gasteiger partial charge in [0.2, 0.25) is 0 Å². The zero-order valence-corrected chi connectivity index (χ0v) is 13.1. The Hall–Kier alpha value is -3.22. The van der Waals surface area contributed by atoms with E-state index < -0.39 is 5.97 Å². The van der Waals surface area contributed by atoms with E-state index in [0.717, 1.165) is 5.56 Å². The van der Waals surface area contributed by atoms with Crippen LogP contribution in [0.5, 0.6) is 0 Å². The first-order valence-corrected chi connectivity index (χ1v) is 7.40. The normalized spacial score (nSPS) is 11.0. The fraction of sp³-hybridized carbons (Fsp3) is 0.176. The van der Waals surface area contributed by atoms with Crippen molar-refractivity contribution in [3.05, 3.63) is 71.4 Å². The molecule has 0 bridgehead atoms. The Bertz CT molecular complexity index is 836. The molecule has 0 amide bonds. The number of benzene rings is 1. The van der Waals surface area contributed by atoms with Crippen LogP contribution >= 0.6 is 0 Å². The highest BCUT2D eigenvalue weighted by Crippen LogP contribution is 2.05. The molecule has 3 rings (SSSR count). The third kappa shape index (κ3) is 4.39. The molecule has 0 saturated heterocycles. The molecule has 7 nitrogen and oxygen atoms in total. The third-order valence-electron chi connectivity index (χ3n) is 3.17. The molecule has 3 aromatic rings. The van der Waals surface area contributed by atoms with E-state index >= 15 is 0 Å². The first kappa shape index (κ1) is 15.7. The maximum Gasteiger partial charge on any atom is 0.331 e. The van der Waals surface area contributed by atoms with Gasteiger partial charge in [-0.15, -0.1) is 5.10 Å². The van der Waals surface area contributed by atoms with Gasteiger partial charge in [0.05, 0.1) is 12.7 Å². The molecule has 0 radical (unpaired) electrons. The highest BCUT2D eigenvalue weighted by Gasteiger charge is 2.04. The van der Waals surface area contributed by atoms with Crippen LogP contribution in [-0.2, 0) is 22.7 Å². The van der Waals surface area contributed by atoms with E-state index in [0.29, 0.717) is 23.7 Å². The van der Waals surface area contributed by atoms with Crippen LogP contribution < -0.4 is 0 Å². The van der Waals surface area contributed by atoms with E-state index in [2.05, 4.69) is 15.5 Å². The molecule has 7 heteroatoms. The molecule has 0 N–H and O–H groups in total. The Morgan fingerprint density at radius 3 is 2.92 bits per heavy atom. The average Bonchev–Trinajstić information content (AvgIpc) is 3.21. The molecule has 0 unspecified atom stereocenters. The zero-order valence-electron chi connectivity index (χ0n) is 13.1. The van der Waals surface area contributed by atoms with Crippen molar-refractivity contribution in [3.63, 3.8) is 0 Å². The van der Waals surface area contributed by atoms with Crippen molar-refractivity contribution in [2.75, 3.05) is 0 Å². The lowest BCUT2D eigenvalue weighted by atomic mass is 10.2. The van der Waals surface area contributed by atoms with Gasteiger partial charge in [0.25, 0.3) is 0 Å². The minimum absolute atomic E-state index is 0.0706. The molecule has 0 atom stereocenters. The number of rotatable bonds is 6. The quantitative estimate of drug-likeness (QED) is 0.511. The lowest BCUT2D eigenvalue weighted by molar-refractivity contribution is -0.139. The molecular weight excluding hydrogens is 308 g/mol. The SMILES string of the molecule is Cc1cc(COC(=O)/C=C/c2cn(Cc3ccccc3)nn2)no1. The average molecular weight is 324 g/mol. The van der Waals surface area contributed by atoms with E-state index in [4.69, 9.17) is 9.26 Å². The lowest BCUT2D eigenvalue weighted by Crippen LogP contribution is -2.00. The molecule has 0 aliphatic heterocycles. The Morgan fingerprint density at radius 1 is 1.33 bits per heavy atom. The molecule has 0 aliphatic carbocycles. The fourth-order valence-corrected chi connectivity index (χ4v) is 2.07. The van der Waals surface area contributed by atoms with Gasteiger partial charge in [-0.05, 0) is 18.6 Å². The number of aromatic nitrogens is 4. The summed E-state index contributed by atoms with van der Waals surface area (Å²) in [6, 6.07) is 11.6. The molecule has 1 aromatic carbocycles.